The molecule has 0 saturated carbocycles. The number of aliphatic hydroxyl groups excluding tert-OH is 1. The van der Waals surface area contributed by atoms with Crippen molar-refractivity contribution in [3.63, 3.8) is 0 Å². The smallest absolute Gasteiger partial charge is 0.119 e. The van der Waals surface area contributed by atoms with E-state index in [0.29, 0.717) is 17.9 Å². The van der Waals surface area contributed by atoms with Crippen molar-refractivity contribution >= 4 is 11.0 Å². The zero-order valence-corrected chi connectivity index (χ0v) is 12.8. The lowest BCUT2D eigenvalue weighted by Gasteiger charge is -2.14. The number of aryl methyl sites for hydroxylation is 1. The number of fused-ring (bicyclic) bond motifs is 1. The van der Waals surface area contributed by atoms with E-state index in [9.17, 15) is 5.11 Å². The molecule has 1 heterocycles. The SMILES string of the molecule is Cc1nc2ccccc2n1CC(O)COc1ccc(C#N)cc1. The van der Waals surface area contributed by atoms with E-state index in [1.165, 1.54) is 0 Å². The molecular weight excluding hydrogens is 290 g/mol. The quantitative estimate of drug-likeness (QED) is 0.786. The van der Waals surface area contributed by atoms with Gasteiger partial charge in [-0.3, -0.25) is 0 Å². The van der Waals surface area contributed by atoms with E-state index < -0.39 is 6.10 Å². The first-order valence-corrected chi connectivity index (χ1v) is 7.40. The second kappa shape index (κ2) is 6.51. The predicted octanol–water partition coefficient (Wildman–Crippen LogP) is 2.66. The fraction of sp³-hybridized carbons (Fsp3) is 0.222. The van der Waals surface area contributed by atoms with Gasteiger partial charge in [0.1, 0.15) is 24.3 Å². The minimum absolute atomic E-state index is 0.178. The van der Waals surface area contributed by atoms with Crippen LogP contribution in [0.3, 0.4) is 0 Å². The van der Waals surface area contributed by atoms with E-state index >= 15 is 0 Å². The molecule has 116 valence electrons. The normalized spacial score (nSPS) is 12.0. The van der Waals surface area contributed by atoms with Crippen molar-refractivity contribution in [3.05, 3.63) is 59.9 Å². The number of imidazole rings is 1. The molecule has 0 spiro atoms. The molecule has 0 aliphatic carbocycles. The molecule has 0 fully saturated rings. The number of para-hydroxylation sites is 2. The third-order valence-electron chi connectivity index (χ3n) is 3.66. The maximum atomic E-state index is 10.2. The molecule has 3 aromatic rings. The Morgan fingerprint density at radius 3 is 2.70 bits per heavy atom. The van der Waals surface area contributed by atoms with Crippen molar-refractivity contribution in [1.82, 2.24) is 9.55 Å². The molecule has 0 radical (unpaired) electrons. The summed E-state index contributed by atoms with van der Waals surface area (Å²) in [7, 11) is 0. The fourth-order valence-corrected chi connectivity index (χ4v) is 2.51. The molecule has 1 unspecified atom stereocenters. The van der Waals surface area contributed by atoms with Gasteiger partial charge >= 0.3 is 0 Å². The van der Waals surface area contributed by atoms with Crippen LogP contribution >= 0.6 is 0 Å². The molecule has 0 bridgehead atoms. The summed E-state index contributed by atoms with van der Waals surface area (Å²) < 4.78 is 7.56. The summed E-state index contributed by atoms with van der Waals surface area (Å²) >= 11 is 0. The lowest BCUT2D eigenvalue weighted by atomic mass is 10.2. The minimum atomic E-state index is -0.651. The monoisotopic (exact) mass is 307 g/mol. The molecule has 0 saturated heterocycles. The van der Waals surface area contributed by atoms with Gasteiger partial charge in [-0.15, -0.1) is 0 Å². The first kappa shape index (κ1) is 15.1. The van der Waals surface area contributed by atoms with Crippen molar-refractivity contribution < 1.29 is 9.84 Å². The summed E-state index contributed by atoms with van der Waals surface area (Å²) in [5.41, 5.74) is 2.51. The standard InChI is InChI=1S/C18H17N3O2/c1-13-20-17-4-2-3-5-18(17)21(13)11-15(22)12-23-16-8-6-14(10-19)7-9-16/h2-9,15,22H,11-12H2,1H3. The highest BCUT2D eigenvalue weighted by molar-refractivity contribution is 5.75. The van der Waals surface area contributed by atoms with Crippen LogP contribution in [0.1, 0.15) is 11.4 Å². The molecule has 0 aliphatic heterocycles. The van der Waals surface area contributed by atoms with Gasteiger partial charge in [-0.25, -0.2) is 4.98 Å². The molecule has 5 heteroatoms. The van der Waals surface area contributed by atoms with Crippen molar-refractivity contribution in [2.45, 2.75) is 19.6 Å². The number of hydrogen-bond acceptors (Lipinski definition) is 4. The van der Waals surface area contributed by atoms with Crippen molar-refractivity contribution in [3.8, 4) is 11.8 Å². The molecule has 0 aliphatic rings. The highest BCUT2D eigenvalue weighted by Crippen LogP contribution is 2.16. The second-order valence-corrected chi connectivity index (χ2v) is 5.36. The van der Waals surface area contributed by atoms with Crippen LogP contribution in [-0.4, -0.2) is 27.4 Å². The summed E-state index contributed by atoms with van der Waals surface area (Å²) in [5.74, 6) is 1.50. The number of nitrogens with zero attached hydrogens (tertiary/aromatic N) is 3. The Morgan fingerprint density at radius 2 is 1.96 bits per heavy atom. The van der Waals surface area contributed by atoms with Crippen molar-refractivity contribution in [2.75, 3.05) is 6.61 Å². The molecule has 0 amide bonds. The van der Waals surface area contributed by atoms with Gasteiger partial charge in [0, 0.05) is 0 Å². The van der Waals surface area contributed by atoms with Crippen LogP contribution in [0.5, 0.6) is 5.75 Å². The summed E-state index contributed by atoms with van der Waals surface area (Å²) in [5, 5.41) is 19.0. The summed E-state index contributed by atoms with van der Waals surface area (Å²) in [6.45, 7) is 2.52. The van der Waals surface area contributed by atoms with E-state index in [0.717, 1.165) is 16.9 Å². The van der Waals surface area contributed by atoms with Gasteiger partial charge < -0.3 is 14.4 Å². The van der Waals surface area contributed by atoms with Crippen LogP contribution in [0.4, 0.5) is 0 Å². The minimum Gasteiger partial charge on any atom is -0.491 e. The number of rotatable bonds is 5. The largest absolute Gasteiger partial charge is 0.491 e. The zero-order valence-electron chi connectivity index (χ0n) is 12.8. The maximum Gasteiger partial charge on any atom is 0.119 e. The van der Waals surface area contributed by atoms with Crippen molar-refractivity contribution in [2.24, 2.45) is 0 Å². The maximum absolute atomic E-state index is 10.2. The number of aromatic nitrogens is 2. The van der Waals surface area contributed by atoms with Gasteiger partial charge in [0.15, 0.2) is 0 Å². The van der Waals surface area contributed by atoms with Gasteiger partial charge in [0.2, 0.25) is 0 Å². The van der Waals surface area contributed by atoms with Crippen LogP contribution < -0.4 is 4.74 Å². The van der Waals surface area contributed by atoms with Gasteiger partial charge in [-0.05, 0) is 43.3 Å². The van der Waals surface area contributed by atoms with Crippen LogP contribution in [0.15, 0.2) is 48.5 Å². The van der Waals surface area contributed by atoms with Crippen molar-refractivity contribution in [1.29, 1.82) is 5.26 Å². The summed E-state index contributed by atoms with van der Waals surface area (Å²) in [6, 6.07) is 16.7. The Balaban J connectivity index is 1.65. The van der Waals surface area contributed by atoms with Crippen LogP contribution in [0, 0.1) is 18.3 Å². The molecule has 5 nitrogen and oxygen atoms in total. The second-order valence-electron chi connectivity index (χ2n) is 5.36. The van der Waals surface area contributed by atoms with E-state index in [4.69, 9.17) is 10.00 Å². The predicted molar refractivity (Wildman–Crippen MR) is 87.1 cm³/mol. The lowest BCUT2D eigenvalue weighted by Crippen LogP contribution is -2.24. The van der Waals surface area contributed by atoms with Gasteiger partial charge in [-0.1, -0.05) is 12.1 Å². The highest BCUT2D eigenvalue weighted by atomic mass is 16.5. The fourth-order valence-electron chi connectivity index (χ4n) is 2.51. The number of aliphatic hydroxyl groups is 1. The third-order valence-corrected chi connectivity index (χ3v) is 3.66. The van der Waals surface area contributed by atoms with E-state index in [2.05, 4.69) is 11.1 Å². The molecule has 1 N–H and O–H groups in total. The van der Waals surface area contributed by atoms with Crippen LogP contribution in [-0.2, 0) is 6.54 Å². The molecule has 3 rings (SSSR count). The average Bonchev–Trinajstić information content (AvgIpc) is 2.89. The molecule has 2 aromatic carbocycles. The number of ether oxygens (including phenoxy) is 1. The van der Waals surface area contributed by atoms with Gasteiger partial charge in [-0.2, -0.15) is 5.26 Å². The Labute approximate surface area is 134 Å². The summed E-state index contributed by atoms with van der Waals surface area (Å²) in [6.07, 6.45) is -0.651. The van der Waals surface area contributed by atoms with E-state index in [-0.39, 0.29) is 6.61 Å². The highest BCUT2D eigenvalue weighted by Gasteiger charge is 2.12. The molecule has 1 aromatic heterocycles. The van der Waals surface area contributed by atoms with E-state index in [1.54, 1.807) is 24.3 Å². The number of benzene rings is 2. The van der Waals surface area contributed by atoms with Gasteiger partial charge in [0.25, 0.3) is 0 Å². The Morgan fingerprint density at radius 1 is 1.22 bits per heavy atom. The molecule has 23 heavy (non-hydrogen) atoms. The number of nitriles is 1. The molecule has 1 atom stereocenters. The zero-order chi connectivity index (χ0) is 16.2. The Kier molecular flexibility index (Phi) is 4.26. The summed E-state index contributed by atoms with van der Waals surface area (Å²) in [4.78, 5) is 4.48. The van der Waals surface area contributed by atoms with Crippen LogP contribution in [0.2, 0.25) is 0 Å². The first-order chi connectivity index (χ1) is 11.2. The lowest BCUT2D eigenvalue weighted by molar-refractivity contribution is 0.0929. The topological polar surface area (TPSA) is 71.1 Å². The third kappa shape index (κ3) is 3.33. The van der Waals surface area contributed by atoms with Crippen LogP contribution in [0.25, 0.3) is 11.0 Å². The first-order valence-electron chi connectivity index (χ1n) is 7.40. The Hall–Kier alpha value is -2.84. The number of hydrogen-bond donors (Lipinski definition) is 1. The Bertz CT molecular complexity index is 847. The van der Waals surface area contributed by atoms with E-state index in [1.807, 2.05) is 35.8 Å². The van der Waals surface area contributed by atoms with Gasteiger partial charge in [0.05, 0.1) is 29.2 Å². The molecular formula is C18H17N3O2. The average molecular weight is 307 g/mol.